The van der Waals surface area contributed by atoms with Gasteiger partial charge in [-0.15, -0.1) is 0 Å². The molecular formula is C9H9FO2. The number of Topliss-reactive ketones (excluding diaryl/α,β-unsaturated/α-hetero) is 1. The molecule has 0 bridgehead atoms. The summed E-state index contributed by atoms with van der Waals surface area (Å²) in [5.41, 5.74) is 0.132. The van der Waals surface area contributed by atoms with Crippen LogP contribution in [-0.2, 0) is 0 Å². The lowest BCUT2D eigenvalue weighted by Crippen LogP contribution is -1.98. The number of ketones is 1. The minimum atomic E-state index is -0.637. The largest absolute Gasteiger partial charge is 0.508 e. The van der Waals surface area contributed by atoms with Crippen molar-refractivity contribution in [3.8, 4) is 5.75 Å². The van der Waals surface area contributed by atoms with Crippen molar-refractivity contribution in [2.75, 3.05) is 0 Å². The van der Waals surface area contributed by atoms with Gasteiger partial charge in [0.25, 0.3) is 0 Å². The van der Waals surface area contributed by atoms with E-state index in [1.807, 2.05) is 0 Å². The van der Waals surface area contributed by atoms with Crippen molar-refractivity contribution in [3.05, 3.63) is 29.1 Å². The molecule has 0 aliphatic heterocycles. The molecule has 0 amide bonds. The zero-order chi connectivity index (χ0) is 9.30. The van der Waals surface area contributed by atoms with E-state index in [-0.39, 0.29) is 22.7 Å². The Hall–Kier alpha value is -1.38. The number of phenolic OH excluding ortho intramolecular Hbond substituents is 1. The quantitative estimate of drug-likeness (QED) is 0.651. The van der Waals surface area contributed by atoms with Crippen LogP contribution >= 0.6 is 0 Å². The van der Waals surface area contributed by atoms with Gasteiger partial charge in [0.05, 0.1) is 5.56 Å². The predicted octanol–water partition coefficient (Wildman–Crippen LogP) is 2.04. The number of hydrogen-bond donors (Lipinski definition) is 1. The number of phenols is 1. The smallest absolute Gasteiger partial charge is 0.162 e. The van der Waals surface area contributed by atoms with Gasteiger partial charge in [0.1, 0.15) is 11.6 Å². The third-order valence-electron chi connectivity index (χ3n) is 1.74. The van der Waals surface area contributed by atoms with Crippen LogP contribution in [0.15, 0.2) is 12.1 Å². The van der Waals surface area contributed by atoms with Gasteiger partial charge in [-0.2, -0.15) is 0 Å². The van der Waals surface area contributed by atoms with Gasteiger partial charge in [-0.05, 0) is 26.0 Å². The molecule has 0 spiro atoms. The molecule has 3 heteroatoms. The predicted molar refractivity (Wildman–Crippen MR) is 42.8 cm³/mol. The summed E-state index contributed by atoms with van der Waals surface area (Å²) in [5.74, 6) is -1.10. The van der Waals surface area contributed by atoms with E-state index >= 15 is 0 Å². The van der Waals surface area contributed by atoms with Crippen molar-refractivity contribution < 1.29 is 14.3 Å². The van der Waals surface area contributed by atoms with Crippen LogP contribution in [0.25, 0.3) is 0 Å². The van der Waals surface area contributed by atoms with Crippen molar-refractivity contribution in [2.24, 2.45) is 0 Å². The second kappa shape index (κ2) is 2.93. The van der Waals surface area contributed by atoms with Gasteiger partial charge in [-0.25, -0.2) is 4.39 Å². The number of aromatic hydroxyl groups is 1. The maximum atomic E-state index is 13.1. The first-order chi connectivity index (χ1) is 5.54. The highest BCUT2D eigenvalue weighted by Crippen LogP contribution is 2.21. The third kappa shape index (κ3) is 1.30. The van der Waals surface area contributed by atoms with Gasteiger partial charge in [0, 0.05) is 5.56 Å². The number of carbonyl (C=O) groups excluding carboxylic acids is 1. The normalized spacial score (nSPS) is 9.92. The van der Waals surface area contributed by atoms with Gasteiger partial charge >= 0.3 is 0 Å². The molecule has 0 fully saturated rings. The van der Waals surface area contributed by atoms with E-state index < -0.39 is 5.82 Å². The lowest BCUT2D eigenvalue weighted by molar-refractivity contribution is 0.101. The molecule has 2 nitrogen and oxygen atoms in total. The molecule has 0 aliphatic rings. The molecule has 64 valence electrons. The van der Waals surface area contributed by atoms with E-state index in [1.54, 1.807) is 0 Å². The fourth-order valence-electron chi connectivity index (χ4n) is 0.947. The highest BCUT2D eigenvalue weighted by atomic mass is 19.1. The van der Waals surface area contributed by atoms with Crippen LogP contribution in [0.1, 0.15) is 22.8 Å². The van der Waals surface area contributed by atoms with Crippen molar-refractivity contribution in [3.63, 3.8) is 0 Å². The van der Waals surface area contributed by atoms with Crippen molar-refractivity contribution in [1.82, 2.24) is 0 Å². The molecule has 0 unspecified atom stereocenters. The van der Waals surface area contributed by atoms with E-state index in [0.717, 1.165) is 0 Å². The number of hydrogen-bond acceptors (Lipinski definition) is 2. The second-order valence-electron chi connectivity index (χ2n) is 2.63. The van der Waals surface area contributed by atoms with Crippen LogP contribution in [-0.4, -0.2) is 10.9 Å². The molecule has 1 rings (SSSR count). The molecule has 1 N–H and O–H groups in total. The van der Waals surface area contributed by atoms with Gasteiger partial charge in [0.15, 0.2) is 5.78 Å². The Morgan fingerprint density at radius 1 is 1.50 bits per heavy atom. The Labute approximate surface area is 69.6 Å². The van der Waals surface area contributed by atoms with Crippen LogP contribution in [0.3, 0.4) is 0 Å². The molecule has 1 aromatic carbocycles. The van der Waals surface area contributed by atoms with E-state index in [4.69, 9.17) is 5.11 Å². The van der Waals surface area contributed by atoms with E-state index in [2.05, 4.69) is 0 Å². The van der Waals surface area contributed by atoms with Crippen LogP contribution in [0.4, 0.5) is 4.39 Å². The molecule has 0 saturated carbocycles. The number of benzene rings is 1. The summed E-state index contributed by atoms with van der Waals surface area (Å²) >= 11 is 0. The third-order valence-corrected chi connectivity index (χ3v) is 1.74. The van der Waals surface area contributed by atoms with Gasteiger partial charge in [-0.3, -0.25) is 4.79 Å². The maximum Gasteiger partial charge on any atom is 0.162 e. The second-order valence-corrected chi connectivity index (χ2v) is 2.63. The van der Waals surface area contributed by atoms with Crippen LogP contribution in [0, 0.1) is 12.7 Å². The molecule has 0 heterocycles. The van der Waals surface area contributed by atoms with Gasteiger partial charge < -0.3 is 5.11 Å². The Morgan fingerprint density at radius 2 is 2.08 bits per heavy atom. The lowest BCUT2D eigenvalue weighted by atomic mass is 10.1. The summed E-state index contributed by atoms with van der Waals surface area (Å²) in [6.07, 6.45) is 0. The topological polar surface area (TPSA) is 37.3 Å². The van der Waals surface area contributed by atoms with Crippen LogP contribution in [0.2, 0.25) is 0 Å². The Balaban J connectivity index is 3.36. The summed E-state index contributed by atoms with van der Waals surface area (Å²) in [5, 5.41) is 9.06. The SMILES string of the molecule is CC(=O)c1ccc(O)c(C)c1F. The highest BCUT2D eigenvalue weighted by Gasteiger charge is 2.11. The summed E-state index contributed by atoms with van der Waals surface area (Å²) < 4.78 is 13.1. The van der Waals surface area contributed by atoms with Crippen LogP contribution < -0.4 is 0 Å². The monoisotopic (exact) mass is 168 g/mol. The molecule has 0 aliphatic carbocycles. The average molecular weight is 168 g/mol. The average Bonchev–Trinajstić information content (AvgIpc) is 2.00. The standard InChI is InChI=1S/C9H9FO2/c1-5-8(12)4-3-7(6(2)11)9(5)10/h3-4,12H,1-2H3. The number of carbonyl (C=O) groups is 1. The Bertz CT molecular complexity index is 332. The summed E-state index contributed by atoms with van der Waals surface area (Å²) in [6, 6.07) is 2.59. The van der Waals surface area contributed by atoms with Crippen molar-refractivity contribution >= 4 is 5.78 Å². The molecule has 0 aromatic heterocycles. The van der Waals surface area contributed by atoms with E-state index in [1.165, 1.54) is 26.0 Å². The Kier molecular flexibility index (Phi) is 2.13. The number of rotatable bonds is 1. The van der Waals surface area contributed by atoms with E-state index in [0.29, 0.717) is 0 Å². The summed E-state index contributed by atoms with van der Waals surface area (Å²) in [7, 11) is 0. The minimum absolute atomic E-state index is 0.0188. The summed E-state index contributed by atoms with van der Waals surface area (Å²) in [4.78, 5) is 10.8. The van der Waals surface area contributed by atoms with Crippen LogP contribution in [0.5, 0.6) is 5.75 Å². The van der Waals surface area contributed by atoms with Crippen molar-refractivity contribution in [2.45, 2.75) is 13.8 Å². The first kappa shape index (κ1) is 8.71. The fraction of sp³-hybridized carbons (Fsp3) is 0.222. The van der Waals surface area contributed by atoms with E-state index in [9.17, 15) is 9.18 Å². The zero-order valence-electron chi connectivity index (χ0n) is 6.89. The van der Waals surface area contributed by atoms with Crippen molar-refractivity contribution in [1.29, 1.82) is 0 Å². The van der Waals surface area contributed by atoms with Gasteiger partial charge in [0.2, 0.25) is 0 Å². The molecule has 12 heavy (non-hydrogen) atoms. The maximum absolute atomic E-state index is 13.1. The first-order valence-electron chi connectivity index (χ1n) is 3.53. The van der Waals surface area contributed by atoms with Gasteiger partial charge in [-0.1, -0.05) is 0 Å². The zero-order valence-corrected chi connectivity index (χ0v) is 6.89. The molecule has 0 radical (unpaired) electrons. The minimum Gasteiger partial charge on any atom is -0.508 e. The number of halogens is 1. The molecule has 1 aromatic rings. The Morgan fingerprint density at radius 3 is 2.58 bits per heavy atom. The fourth-order valence-corrected chi connectivity index (χ4v) is 0.947. The molecule has 0 atom stereocenters. The lowest BCUT2D eigenvalue weighted by Gasteiger charge is -2.03. The first-order valence-corrected chi connectivity index (χ1v) is 3.53. The highest BCUT2D eigenvalue weighted by molar-refractivity contribution is 5.94. The molecule has 0 saturated heterocycles. The molecular weight excluding hydrogens is 159 g/mol. The summed E-state index contributed by atoms with van der Waals surface area (Å²) in [6.45, 7) is 2.71.